The quantitative estimate of drug-likeness (QED) is 0.785. The Morgan fingerprint density at radius 2 is 2.05 bits per heavy atom. The molecular weight excluding hydrogens is 286 g/mol. The van der Waals surface area contributed by atoms with Crippen LogP contribution in [-0.2, 0) is 12.4 Å². The molecule has 1 aromatic carbocycles. The van der Waals surface area contributed by atoms with E-state index in [0.717, 1.165) is 5.56 Å². The first-order valence-electron chi connectivity index (χ1n) is 5.76. The zero-order valence-corrected chi connectivity index (χ0v) is 11.9. The van der Waals surface area contributed by atoms with E-state index in [-0.39, 0.29) is 5.82 Å². The topological polar surface area (TPSA) is 16.1 Å². The van der Waals surface area contributed by atoms with Crippen LogP contribution in [0.2, 0.25) is 5.02 Å². The summed E-state index contributed by atoms with van der Waals surface area (Å²) in [5.41, 5.74) is 1.46. The number of hydrogen-bond acceptors (Lipinski definition) is 2. The lowest BCUT2D eigenvalue weighted by molar-refractivity contribution is 0.607. The van der Waals surface area contributed by atoms with Crippen LogP contribution in [-0.4, -0.2) is 12.0 Å². The van der Waals surface area contributed by atoms with Crippen molar-refractivity contribution in [1.82, 2.24) is 4.98 Å². The molecule has 0 atom stereocenters. The smallest absolute Gasteiger partial charge is 0.147 e. The molecule has 2 aromatic rings. The molecule has 0 bridgehead atoms. The molecule has 0 aliphatic carbocycles. The number of aromatic nitrogens is 1. The minimum atomic E-state index is -0.233. The summed E-state index contributed by atoms with van der Waals surface area (Å²) in [4.78, 5) is 6.07. The molecule has 0 N–H and O–H groups in total. The summed E-state index contributed by atoms with van der Waals surface area (Å²) in [6, 6.07) is 8.42. The fourth-order valence-electron chi connectivity index (χ4n) is 1.78. The first kappa shape index (κ1) is 14.1. The van der Waals surface area contributed by atoms with Gasteiger partial charge in [0.2, 0.25) is 0 Å². The number of hydrogen-bond donors (Lipinski definition) is 0. The SMILES string of the molecule is CN(Cc1ccccc1F)c1ncc(CCl)cc1Cl. The van der Waals surface area contributed by atoms with Crippen LogP contribution in [0.5, 0.6) is 0 Å². The van der Waals surface area contributed by atoms with Gasteiger partial charge >= 0.3 is 0 Å². The summed E-state index contributed by atoms with van der Waals surface area (Å²) in [7, 11) is 1.82. The molecule has 1 aromatic heterocycles. The molecule has 0 saturated carbocycles. The van der Waals surface area contributed by atoms with E-state index < -0.39 is 0 Å². The van der Waals surface area contributed by atoms with Crippen LogP contribution >= 0.6 is 23.2 Å². The second-order valence-electron chi connectivity index (χ2n) is 4.23. The molecule has 1 heterocycles. The second-order valence-corrected chi connectivity index (χ2v) is 4.90. The van der Waals surface area contributed by atoms with Gasteiger partial charge in [-0.25, -0.2) is 9.37 Å². The van der Waals surface area contributed by atoms with Crippen molar-refractivity contribution >= 4 is 29.0 Å². The van der Waals surface area contributed by atoms with Gasteiger partial charge in [0, 0.05) is 31.2 Å². The van der Waals surface area contributed by atoms with Gasteiger partial charge in [0.1, 0.15) is 11.6 Å². The normalized spacial score (nSPS) is 10.5. The van der Waals surface area contributed by atoms with E-state index in [1.54, 1.807) is 35.4 Å². The van der Waals surface area contributed by atoms with Crippen LogP contribution in [0.1, 0.15) is 11.1 Å². The summed E-state index contributed by atoms with van der Waals surface area (Å²) >= 11 is 11.9. The number of rotatable bonds is 4. The Hall–Kier alpha value is -1.32. The van der Waals surface area contributed by atoms with Crippen LogP contribution in [0.4, 0.5) is 10.2 Å². The molecule has 2 rings (SSSR count). The number of nitrogens with zero attached hydrogens (tertiary/aromatic N) is 2. The molecule has 0 amide bonds. The second kappa shape index (κ2) is 6.22. The van der Waals surface area contributed by atoms with Crippen molar-refractivity contribution in [2.24, 2.45) is 0 Å². The lowest BCUT2D eigenvalue weighted by Crippen LogP contribution is -2.19. The summed E-state index contributed by atoms with van der Waals surface area (Å²) in [6.45, 7) is 0.402. The summed E-state index contributed by atoms with van der Waals surface area (Å²) in [6.07, 6.45) is 1.67. The van der Waals surface area contributed by atoms with Crippen molar-refractivity contribution in [3.05, 3.63) is 58.5 Å². The maximum absolute atomic E-state index is 13.6. The van der Waals surface area contributed by atoms with E-state index in [1.165, 1.54) is 6.07 Å². The van der Waals surface area contributed by atoms with Crippen LogP contribution < -0.4 is 4.90 Å². The van der Waals surface area contributed by atoms with Gasteiger partial charge in [-0.1, -0.05) is 29.8 Å². The Kier molecular flexibility index (Phi) is 4.61. The molecule has 2 nitrogen and oxygen atoms in total. The number of anilines is 1. The van der Waals surface area contributed by atoms with Gasteiger partial charge in [-0.15, -0.1) is 11.6 Å². The average Bonchev–Trinajstić information content (AvgIpc) is 2.41. The molecule has 0 aliphatic heterocycles. The minimum Gasteiger partial charge on any atom is -0.354 e. The van der Waals surface area contributed by atoms with Gasteiger partial charge in [-0.3, -0.25) is 0 Å². The van der Waals surface area contributed by atoms with Crippen LogP contribution in [0.3, 0.4) is 0 Å². The predicted molar refractivity (Wildman–Crippen MR) is 77.3 cm³/mol. The number of alkyl halides is 1. The fourth-order valence-corrected chi connectivity index (χ4v) is 2.26. The molecular formula is C14H13Cl2FN2. The molecule has 0 radical (unpaired) electrons. The standard InChI is InChI=1S/C14H13Cl2FN2/c1-19(9-11-4-2-3-5-13(11)17)14-12(16)6-10(7-15)8-18-14/h2-6,8H,7,9H2,1H3. The Morgan fingerprint density at radius 3 is 2.68 bits per heavy atom. The number of benzene rings is 1. The molecule has 5 heteroatoms. The first-order valence-corrected chi connectivity index (χ1v) is 6.68. The highest BCUT2D eigenvalue weighted by Crippen LogP contribution is 2.25. The van der Waals surface area contributed by atoms with E-state index in [9.17, 15) is 4.39 Å². The lowest BCUT2D eigenvalue weighted by Gasteiger charge is -2.20. The molecule has 0 spiro atoms. The van der Waals surface area contributed by atoms with Crippen LogP contribution in [0.15, 0.2) is 36.5 Å². The highest BCUT2D eigenvalue weighted by Gasteiger charge is 2.11. The maximum Gasteiger partial charge on any atom is 0.147 e. The van der Waals surface area contributed by atoms with Crippen molar-refractivity contribution in [2.75, 3.05) is 11.9 Å². The van der Waals surface area contributed by atoms with Gasteiger partial charge in [0.15, 0.2) is 0 Å². The minimum absolute atomic E-state index is 0.233. The molecule has 0 aliphatic rings. The first-order chi connectivity index (χ1) is 9.11. The zero-order chi connectivity index (χ0) is 13.8. The van der Waals surface area contributed by atoms with Gasteiger partial charge in [-0.05, 0) is 17.7 Å². The van der Waals surface area contributed by atoms with Gasteiger partial charge in [0.25, 0.3) is 0 Å². The van der Waals surface area contributed by atoms with Gasteiger partial charge in [-0.2, -0.15) is 0 Å². The van der Waals surface area contributed by atoms with E-state index in [1.807, 2.05) is 7.05 Å². The van der Waals surface area contributed by atoms with Gasteiger partial charge in [0.05, 0.1) is 5.02 Å². The van der Waals surface area contributed by atoms with Crippen molar-refractivity contribution in [3.63, 3.8) is 0 Å². The van der Waals surface area contributed by atoms with Crippen molar-refractivity contribution in [3.8, 4) is 0 Å². The molecule has 0 fully saturated rings. The van der Waals surface area contributed by atoms with Crippen molar-refractivity contribution < 1.29 is 4.39 Å². The number of halogens is 3. The Labute approximate surface area is 121 Å². The molecule has 19 heavy (non-hydrogen) atoms. The van der Waals surface area contributed by atoms with E-state index >= 15 is 0 Å². The van der Waals surface area contributed by atoms with E-state index in [2.05, 4.69) is 4.98 Å². The Morgan fingerprint density at radius 1 is 1.32 bits per heavy atom. The monoisotopic (exact) mass is 298 g/mol. The summed E-state index contributed by atoms with van der Waals surface area (Å²) in [5, 5.41) is 0.511. The zero-order valence-electron chi connectivity index (χ0n) is 10.4. The van der Waals surface area contributed by atoms with Crippen LogP contribution in [0, 0.1) is 5.82 Å². The Balaban J connectivity index is 2.21. The number of pyridine rings is 1. The highest BCUT2D eigenvalue weighted by molar-refractivity contribution is 6.33. The molecule has 100 valence electrons. The fraction of sp³-hybridized carbons (Fsp3) is 0.214. The highest BCUT2D eigenvalue weighted by atomic mass is 35.5. The third kappa shape index (κ3) is 3.37. The van der Waals surface area contributed by atoms with Crippen LogP contribution in [0.25, 0.3) is 0 Å². The van der Waals surface area contributed by atoms with E-state index in [4.69, 9.17) is 23.2 Å². The van der Waals surface area contributed by atoms with E-state index in [0.29, 0.717) is 28.8 Å². The summed E-state index contributed by atoms with van der Waals surface area (Å²) in [5.74, 6) is 0.742. The third-order valence-corrected chi connectivity index (χ3v) is 3.35. The van der Waals surface area contributed by atoms with Crippen molar-refractivity contribution in [1.29, 1.82) is 0 Å². The maximum atomic E-state index is 13.6. The molecule has 0 saturated heterocycles. The van der Waals surface area contributed by atoms with Crippen molar-refractivity contribution in [2.45, 2.75) is 12.4 Å². The third-order valence-electron chi connectivity index (χ3n) is 2.76. The summed E-state index contributed by atoms with van der Waals surface area (Å²) < 4.78 is 13.6. The lowest BCUT2D eigenvalue weighted by atomic mass is 10.2. The predicted octanol–water partition coefficient (Wildman–Crippen LogP) is 4.25. The van der Waals surface area contributed by atoms with Gasteiger partial charge < -0.3 is 4.90 Å². The Bertz CT molecular complexity index is 575. The molecule has 0 unspecified atom stereocenters. The largest absolute Gasteiger partial charge is 0.354 e. The average molecular weight is 299 g/mol.